The molecule has 0 spiro atoms. The summed E-state index contributed by atoms with van der Waals surface area (Å²) in [7, 11) is -3.82. The average Bonchev–Trinajstić information content (AvgIpc) is 2.61. The van der Waals surface area contributed by atoms with Gasteiger partial charge in [-0.25, -0.2) is 8.42 Å². The van der Waals surface area contributed by atoms with Crippen LogP contribution in [0.5, 0.6) is 0 Å². The first-order valence-electron chi connectivity index (χ1n) is 8.52. The number of anilines is 2. The van der Waals surface area contributed by atoms with E-state index >= 15 is 0 Å². The van der Waals surface area contributed by atoms with Crippen molar-refractivity contribution in [1.82, 2.24) is 5.32 Å². The van der Waals surface area contributed by atoms with Crippen LogP contribution in [0.25, 0.3) is 0 Å². The highest BCUT2D eigenvalue weighted by Gasteiger charge is 2.16. The molecule has 0 aliphatic carbocycles. The van der Waals surface area contributed by atoms with Crippen molar-refractivity contribution in [3.63, 3.8) is 0 Å². The summed E-state index contributed by atoms with van der Waals surface area (Å²) >= 11 is 0. The highest BCUT2D eigenvalue weighted by Crippen LogP contribution is 2.20. The van der Waals surface area contributed by atoms with E-state index in [0.717, 1.165) is 6.42 Å². The summed E-state index contributed by atoms with van der Waals surface area (Å²) in [5.41, 5.74) is 1.20. The van der Waals surface area contributed by atoms with E-state index in [4.69, 9.17) is 0 Å². The lowest BCUT2D eigenvalue weighted by atomic mass is 10.2. The number of hydrogen-bond donors (Lipinski definition) is 3. The molecule has 1 atom stereocenters. The zero-order valence-electron chi connectivity index (χ0n) is 15.4. The van der Waals surface area contributed by atoms with Crippen LogP contribution in [0.2, 0.25) is 0 Å². The minimum atomic E-state index is -3.82. The zero-order chi connectivity index (χ0) is 20.0. The van der Waals surface area contributed by atoms with E-state index in [-0.39, 0.29) is 22.8 Å². The Hall–Kier alpha value is -2.87. The maximum Gasteiger partial charge on any atom is 0.261 e. The molecule has 0 saturated heterocycles. The predicted molar refractivity (Wildman–Crippen MR) is 105 cm³/mol. The molecular formula is C19H23N3O4S. The number of carbonyl (C=O) groups is 2. The number of benzene rings is 2. The van der Waals surface area contributed by atoms with E-state index in [2.05, 4.69) is 15.4 Å². The minimum Gasteiger partial charge on any atom is -0.350 e. The molecule has 7 nitrogen and oxygen atoms in total. The second kappa shape index (κ2) is 8.68. The first kappa shape index (κ1) is 20.4. The van der Waals surface area contributed by atoms with E-state index in [0.29, 0.717) is 16.9 Å². The average molecular weight is 389 g/mol. The van der Waals surface area contributed by atoms with Gasteiger partial charge in [0, 0.05) is 24.2 Å². The minimum absolute atomic E-state index is 0.0347. The van der Waals surface area contributed by atoms with Crippen LogP contribution in [0, 0.1) is 0 Å². The third-order valence-corrected chi connectivity index (χ3v) is 5.25. The maximum atomic E-state index is 12.5. The molecule has 3 N–H and O–H groups in total. The highest BCUT2D eigenvalue weighted by atomic mass is 32.2. The van der Waals surface area contributed by atoms with Crippen molar-refractivity contribution in [3.05, 3.63) is 54.1 Å². The molecule has 0 aliphatic rings. The first-order chi connectivity index (χ1) is 12.7. The van der Waals surface area contributed by atoms with Gasteiger partial charge in [0.05, 0.1) is 10.6 Å². The Labute approximate surface area is 159 Å². The molecule has 27 heavy (non-hydrogen) atoms. The van der Waals surface area contributed by atoms with Crippen LogP contribution in [0.1, 0.15) is 37.6 Å². The van der Waals surface area contributed by atoms with Gasteiger partial charge in [-0.3, -0.25) is 14.3 Å². The summed E-state index contributed by atoms with van der Waals surface area (Å²) < 4.78 is 27.5. The first-order valence-corrected chi connectivity index (χ1v) is 10.0. The summed E-state index contributed by atoms with van der Waals surface area (Å²) in [6.07, 6.45) is 0.805. The van der Waals surface area contributed by atoms with Gasteiger partial charge < -0.3 is 10.6 Å². The monoisotopic (exact) mass is 389 g/mol. The zero-order valence-corrected chi connectivity index (χ0v) is 16.3. The van der Waals surface area contributed by atoms with E-state index in [9.17, 15) is 18.0 Å². The molecule has 0 aromatic heterocycles. The van der Waals surface area contributed by atoms with Crippen LogP contribution in [-0.4, -0.2) is 26.3 Å². The third kappa shape index (κ3) is 5.82. The molecule has 2 amide bonds. The largest absolute Gasteiger partial charge is 0.350 e. The number of amides is 2. The summed E-state index contributed by atoms with van der Waals surface area (Å²) in [6, 6.07) is 12.1. The number of carbonyl (C=O) groups excluding carboxylic acids is 2. The highest BCUT2D eigenvalue weighted by molar-refractivity contribution is 7.92. The van der Waals surface area contributed by atoms with Gasteiger partial charge in [-0.05, 0) is 55.8 Å². The second-order valence-electron chi connectivity index (χ2n) is 6.17. The molecule has 0 fully saturated rings. The molecule has 0 saturated carbocycles. The van der Waals surface area contributed by atoms with Crippen molar-refractivity contribution in [2.75, 3.05) is 10.0 Å². The van der Waals surface area contributed by atoms with Crippen LogP contribution >= 0.6 is 0 Å². The van der Waals surface area contributed by atoms with Crippen molar-refractivity contribution in [3.8, 4) is 0 Å². The number of rotatable bonds is 7. The van der Waals surface area contributed by atoms with Gasteiger partial charge in [-0.2, -0.15) is 0 Å². The van der Waals surface area contributed by atoms with Gasteiger partial charge in [0.25, 0.3) is 15.9 Å². The predicted octanol–water partition coefficient (Wildman–Crippen LogP) is 2.97. The Morgan fingerprint density at radius 3 is 2.26 bits per heavy atom. The number of nitrogens with one attached hydrogen (secondary N) is 3. The fourth-order valence-electron chi connectivity index (χ4n) is 2.27. The summed E-state index contributed by atoms with van der Waals surface area (Å²) in [6.45, 7) is 5.23. The van der Waals surface area contributed by atoms with Crippen LogP contribution in [0.4, 0.5) is 11.4 Å². The molecule has 0 bridgehead atoms. The fraction of sp³-hybridized carbons (Fsp3) is 0.263. The van der Waals surface area contributed by atoms with Crippen LogP contribution in [0.15, 0.2) is 53.4 Å². The van der Waals surface area contributed by atoms with Gasteiger partial charge in [-0.1, -0.05) is 13.0 Å². The maximum absolute atomic E-state index is 12.5. The molecule has 2 rings (SSSR count). The molecule has 2 aromatic carbocycles. The number of hydrogen-bond acceptors (Lipinski definition) is 4. The molecule has 8 heteroatoms. The van der Waals surface area contributed by atoms with Crippen molar-refractivity contribution >= 4 is 33.2 Å². The van der Waals surface area contributed by atoms with Crippen LogP contribution in [0.3, 0.4) is 0 Å². The van der Waals surface area contributed by atoms with Crippen LogP contribution in [-0.2, 0) is 14.8 Å². The Kier molecular flexibility index (Phi) is 6.57. The van der Waals surface area contributed by atoms with Crippen molar-refractivity contribution in [1.29, 1.82) is 0 Å². The summed E-state index contributed by atoms with van der Waals surface area (Å²) in [4.78, 5) is 23.2. The lowest BCUT2D eigenvalue weighted by Crippen LogP contribution is -2.31. The van der Waals surface area contributed by atoms with E-state index in [1.54, 1.807) is 18.2 Å². The van der Waals surface area contributed by atoms with Crippen molar-refractivity contribution in [2.45, 2.75) is 38.1 Å². The lowest BCUT2D eigenvalue weighted by Gasteiger charge is -2.12. The Balaban J connectivity index is 2.15. The molecule has 0 heterocycles. The Morgan fingerprint density at radius 2 is 1.67 bits per heavy atom. The molecule has 144 valence electrons. The fourth-order valence-corrected chi connectivity index (χ4v) is 3.32. The standard InChI is InChI=1S/C19H23N3O4S/c1-4-13(2)20-19(24)15-8-10-18(11-9-15)27(25,26)22-17-7-5-6-16(12-17)21-14(3)23/h5-13,22H,4H2,1-3H3,(H,20,24)(H,21,23). The SMILES string of the molecule is CCC(C)NC(=O)c1ccc(S(=O)(=O)Nc2cccc(NC(C)=O)c2)cc1. The molecule has 1 unspecified atom stereocenters. The van der Waals surface area contributed by atoms with Gasteiger partial charge in [0.15, 0.2) is 0 Å². The van der Waals surface area contributed by atoms with Gasteiger partial charge in [0.2, 0.25) is 5.91 Å². The molecule has 2 aromatic rings. The van der Waals surface area contributed by atoms with Gasteiger partial charge in [-0.15, -0.1) is 0 Å². The van der Waals surface area contributed by atoms with Crippen molar-refractivity contribution in [2.24, 2.45) is 0 Å². The molecular weight excluding hydrogens is 366 g/mol. The summed E-state index contributed by atoms with van der Waals surface area (Å²) in [5.74, 6) is -0.495. The second-order valence-corrected chi connectivity index (χ2v) is 7.86. The number of sulfonamides is 1. The summed E-state index contributed by atoms with van der Waals surface area (Å²) in [5, 5.41) is 5.42. The smallest absolute Gasteiger partial charge is 0.261 e. The van der Waals surface area contributed by atoms with E-state index in [1.165, 1.54) is 37.3 Å². The Bertz CT molecular complexity index is 924. The molecule has 0 aliphatic heterocycles. The van der Waals surface area contributed by atoms with Crippen LogP contribution < -0.4 is 15.4 Å². The van der Waals surface area contributed by atoms with Gasteiger partial charge in [0.1, 0.15) is 0 Å². The van der Waals surface area contributed by atoms with Crippen molar-refractivity contribution < 1.29 is 18.0 Å². The quantitative estimate of drug-likeness (QED) is 0.677. The van der Waals surface area contributed by atoms with E-state index in [1.807, 2.05) is 13.8 Å². The topological polar surface area (TPSA) is 104 Å². The normalized spacial score (nSPS) is 12.1. The third-order valence-electron chi connectivity index (χ3n) is 3.85. The van der Waals surface area contributed by atoms with E-state index < -0.39 is 10.0 Å². The lowest BCUT2D eigenvalue weighted by molar-refractivity contribution is -0.114. The molecule has 0 radical (unpaired) electrons. The Morgan fingerprint density at radius 1 is 1.04 bits per heavy atom. The van der Waals surface area contributed by atoms with Gasteiger partial charge >= 0.3 is 0 Å².